The molecule has 0 N–H and O–H groups in total. The van der Waals surface area contributed by atoms with Gasteiger partial charge in [0.2, 0.25) is 5.95 Å². The average Bonchev–Trinajstić information content (AvgIpc) is 2.57. The molecule has 0 spiro atoms. The quantitative estimate of drug-likeness (QED) is 0.654. The zero-order valence-corrected chi connectivity index (χ0v) is 7.37. The largest absolute Gasteiger partial charge is 0.490 e. The SMILES string of the molecule is Fc1cc(OC2CCCC2)ccn1. The summed E-state index contributed by atoms with van der Waals surface area (Å²) in [4.78, 5) is 3.47. The molecule has 13 heavy (non-hydrogen) atoms. The van der Waals surface area contributed by atoms with Crippen LogP contribution < -0.4 is 4.74 Å². The predicted molar refractivity (Wildman–Crippen MR) is 47.1 cm³/mol. The molecule has 70 valence electrons. The molecule has 0 saturated heterocycles. The molecule has 1 fully saturated rings. The topological polar surface area (TPSA) is 22.1 Å². The molecule has 1 aliphatic carbocycles. The van der Waals surface area contributed by atoms with Gasteiger partial charge in [0.05, 0.1) is 6.10 Å². The maximum absolute atomic E-state index is 12.7. The first-order valence-corrected chi connectivity index (χ1v) is 4.63. The van der Waals surface area contributed by atoms with Crippen molar-refractivity contribution >= 4 is 0 Å². The molecule has 0 bridgehead atoms. The number of hydrogen-bond acceptors (Lipinski definition) is 2. The molecule has 1 aromatic rings. The van der Waals surface area contributed by atoms with E-state index in [9.17, 15) is 4.39 Å². The van der Waals surface area contributed by atoms with E-state index in [1.807, 2.05) is 0 Å². The van der Waals surface area contributed by atoms with Crippen molar-refractivity contribution in [3.63, 3.8) is 0 Å². The summed E-state index contributed by atoms with van der Waals surface area (Å²) in [6.07, 6.45) is 6.33. The number of halogens is 1. The Morgan fingerprint density at radius 3 is 2.85 bits per heavy atom. The van der Waals surface area contributed by atoms with E-state index in [1.54, 1.807) is 6.07 Å². The van der Waals surface area contributed by atoms with Crippen LogP contribution in [0.1, 0.15) is 25.7 Å². The maximum atomic E-state index is 12.7. The number of aromatic nitrogens is 1. The molecule has 0 unspecified atom stereocenters. The fourth-order valence-electron chi connectivity index (χ4n) is 1.66. The fourth-order valence-corrected chi connectivity index (χ4v) is 1.66. The number of pyridine rings is 1. The van der Waals surface area contributed by atoms with Crippen LogP contribution in [0.15, 0.2) is 18.3 Å². The second kappa shape index (κ2) is 3.73. The Hall–Kier alpha value is -1.12. The third kappa shape index (κ3) is 2.17. The molecular weight excluding hydrogens is 169 g/mol. The van der Waals surface area contributed by atoms with Crippen LogP contribution in [0, 0.1) is 5.95 Å². The number of hydrogen-bond donors (Lipinski definition) is 0. The molecule has 1 aromatic heterocycles. The Kier molecular flexibility index (Phi) is 2.43. The van der Waals surface area contributed by atoms with E-state index in [4.69, 9.17) is 4.74 Å². The lowest BCUT2D eigenvalue weighted by molar-refractivity contribution is 0.209. The van der Waals surface area contributed by atoms with Gasteiger partial charge in [0.25, 0.3) is 0 Å². The summed E-state index contributed by atoms with van der Waals surface area (Å²) in [5.41, 5.74) is 0. The predicted octanol–water partition coefficient (Wildman–Crippen LogP) is 2.54. The Labute approximate surface area is 76.7 Å². The minimum Gasteiger partial charge on any atom is -0.490 e. The van der Waals surface area contributed by atoms with Crippen LogP contribution in [0.5, 0.6) is 5.75 Å². The van der Waals surface area contributed by atoms with Crippen molar-refractivity contribution in [2.75, 3.05) is 0 Å². The monoisotopic (exact) mass is 181 g/mol. The van der Waals surface area contributed by atoms with Gasteiger partial charge in [-0.2, -0.15) is 4.39 Å². The highest BCUT2D eigenvalue weighted by molar-refractivity contribution is 5.18. The van der Waals surface area contributed by atoms with Gasteiger partial charge in [-0.3, -0.25) is 0 Å². The minimum atomic E-state index is -0.476. The lowest BCUT2D eigenvalue weighted by atomic mass is 10.3. The van der Waals surface area contributed by atoms with Crippen LogP contribution in [-0.2, 0) is 0 Å². The highest BCUT2D eigenvalue weighted by atomic mass is 19.1. The highest BCUT2D eigenvalue weighted by Gasteiger charge is 2.16. The summed E-state index contributed by atoms with van der Waals surface area (Å²) >= 11 is 0. The minimum absolute atomic E-state index is 0.279. The zero-order valence-electron chi connectivity index (χ0n) is 7.37. The molecule has 0 atom stereocenters. The normalized spacial score (nSPS) is 17.6. The molecule has 1 saturated carbocycles. The molecule has 0 aromatic carbocycles. The van der Waals surface area contributed by atoms with Crippen LogP contribution in [0.25, 0.3) is 0 Å². The van der Waals surface area contributed by atoms with Crippen molar-refractivity contribution in [3.8, 4) is 5.75 Å². The Morgan fingerprint density at radius 2 is 2.15 bits per heavy atom. The van der Waals surface area contributed by atoms with Crippen molar-refractivity contribution in [1.29, 1.82) is 0 Å². The van der Waals surface area contributed by atoms with E-state index >= 15 is 0 Å². The van der Waals surface area contributed by atoms with Crippen LogP contribution in [0.3, 0.4) is 0 Å². The van der Waals surface area contributed by atoms with Gasteiger partial charge in [-0.1, -0.05) is 0 Å². The van der Waals surface area contributed by atoms with Crippen molar-refractivity contribution in [1.82, 2.24) is 4.98 Å². The standard InChI is InChI=1S/C10H12FNO/c11-10-7-9(5-6-12-10)13-8-3-1-2-4-8/h5-8H,1-4H2. The van der Waals surface area contributed by atoms with Gasteiger partial charge in [0.1, 0.15) is 5.75 Å². The number of rotatable bonds is 2. The van der Waals surface area contributed by atoms with Crippen molar-refractivity contribution in [2.45, 2.75) is 31.8 Å². The third-order valence-electron chi connectivity index (χ3n) is 2.30. The van der Waals surface area contributed by atoms with Gasteiger partial charge < -0.3 is 4.74 Å². The maximum Gasteiger partial charge on any atom is 0.216 e. The first-order valence-electron chi connectivity index (χ1n) is 4.63. The number of ether oxygens (including phenoxy) is 1. The second-order valence-corrected chi connectivity index (χ2v) is 3.34. The van der Waals surface area contributed by atoms with Crippen LogP contribution >= 0.6 is 0 Å². The Morgan fingerprint density at radius 1 is 1.38 bits per heavy atom. The molecule has 1 aliphatic rings. The smallest absolute Gasteiger partial charge is 0.216 e. The van der Waals surface area contributed by atoms with Crippen molar-refractivity contribution in [3.05, 3.63) is 24.3 Å². The summed E-state index contributed by atoms with van der Waals surface area (Å²) in [5.74, 6) is 0.120. The summed E-state index contributed by atoms with van der Waals surface area (Å²) in [7, 11) is 0. The van der Waals surface area contributed by atoms with Crippen LogP contribution in [0.4, 0.5) is 4.39 Å². The Bertz CT molecular complexity index is 284. The van der Waals surface area contributed by atoms with Crippen molar-refractivity contribution in [2.24, 2.45) is 0 Å². The molecule has 1 heterocycles. The molecule has 2 rings (SSSR count). The van der Waals surface area contributed by atoms with Crippen LogP contribution in [0.2, 0.25) is 0 Å². The summed E-state index contributed by atoms with van der Waals surface area (Å²) < 4.78 is 18.2. The highest BCUT2D eigenvalue weighted by Crippen LogP contribution is 2.23. The van der Waals surface area contributed by atoms with E-state index in [2.05, 4.69) is 4.98 Å². The second-order valence-electron chi connectivity index (χ2n) is 3.34. The first kappa shape index (κ1) is 8.48. The molecule has 0 aliphatic heterocycles. The van der Waals surface area contributed by atoms with Crippen LogP contribution in [-0.4, -0.2) is 11.1 Å². The van der Waals surface area contributed by atoms with Gasteiger partial charge in [0.15, 0.2) is 0 Å². The van der Waals surface area contributed by atoms with E-state index in [0.29, 0.717) is 5.75 Å². The lowest BCUT2D eigenvalue weighted by Gasteiger charge is -2.12. The molecule has 0 amide bonds. The summed E-state index contributed by atoms with van der Waals surface area (Å²) in [6.45, 7) is 0. The van der Waals surface area contributed by atoms with Crippen molar-refractivity contribution < 1.29 is 9.13 Å². The average molecular weight is 181 g/mol. The number of nitrogens with zero attached hydrogens (tertiary/aromatic N) is 1. The Balaban J connectivity index is 2.00. The lowest BCUT2D eigenvalue weighted by Crippen LogP contribution is -2.10. The van der Waals surface area contributed by atoms with Gasteiger partial charge >= 0.3 is 0 Å². The van der Waals surface area contributed by atoms with Gasteiger partial charge in [-0.15, -0.1) is 0 Å². The molecule has 2 nitrogen and oxygen atoms in total. The summed E-state index contributed by atoms with van der Waals surface area (Å²) in [5, 5.41) is 0. The molecular formula is C10H12FNO. The van der Waals surface area contributed by atoms with Gasteiger partial charge in [-0.25, -0.2) is 4.98 Å². The molecule has 3 heteroatoms. The third-order valence-corrected chi connectivity index (χ3v) is 2.30. The van der Waals surface area contributed by atoms with E-state index in [0.717, 1.165) is 12.8 Å². The molecule has 0 radical (unpaired) electrons. The van der Waals surface area contributed by atoms with E-state index < -0.39 is 5.95 Å². The fraction of sp³-hybridized carbons (Fsp3) is 0.500. The van der Waals surface area contributed by atoms with E-state index in [1.165, 1.54) is 25.1 Å². The first-order chi connectivity index (χ1) is 6.34. The zero-order chi connectivity index (χ0) is 9.10. The summed E-state index contributed by atoms with van der Waals surface area (Å²) in [6, 6.07) is 3.03. The van der Waals surface area contributed by atoms with Gasteiger partial charge in [-0.05, 0) is 31.7 Å². The van der Waals surface area contributed by atoms with Gasteiger partial charge in [0, 0.05) is 12.3 Å². The van der Waals surface area contributed by atoms with E-state index in [-0.39, 0.29) is 6.10 Å².